The maximum atomic E-state index is 11.6. The van der Waals surface area contributed by atoms with Crippen LogP contribution in [-0.4, -0.2) is 24.3 Å². The van der Waals surface area contributed by atoms with Crippen LogP contribution in [0.25, 0.3) is 0 Å². The molecule has 1 N–H and O–H groups in total. The molecule has 0 amide bonds. The van der Waals surface area contributed by atoms with E-state index in [1.165, 1.54) is 52.1 Å². The fraction of sp³-hybridized carbons (Fsp3) is 0.833. The van der Waals surface area contributed by atoms with Crippen molar-refractivity contribution in [1.29, 1.82) is 0 Å². The molecule has 0 aromatic heterocycles. The number of methoxy groups -OCH3 is 1. The van der Waals surface area contributed by atoms with Crippen LogP contribution in [0.1, 0.15) is 78.1 Å². The summed E-state index contributed by atoms with van der Waals surface area (Å²) in [5.74, 6) is -0.870. The SMILES string of the molecule is C/C=C/[C@H](C(=O)OC)[C@H](O)CCCCCCCCCCC. The molecule has 0 bridgehead atoms. The van der Waals surface area contributed by atoms with Gasteiger partial charge in [0, 0.05) is 0 Å². The summed E-state index contributed by atoms with van der Waals surface area (Å²) >= 11 is 0. The van der Waals surface area contributed by atoms with Crippen molar-refractivity contribution in [3.8, 4) is 0 Å². The third-order valence-electron chi connectivity index (χ3n) is 3.89. The Hall–Kier alpha value is -0.830. The summed E-state index contributed by atoms with van der Waals surface area (Å²) < 4.78 is 4.73. The quantitative estimate of drug-likeness (QED) is 0.306. The molecule has 0 saturated heterocycles. The minimum absolute atomic E-state index is 0.350. The fourth-order valence-corrected chi connectivity index (χ4v) is 2.55. The second-order valence-electron chi connectivity index (χ2n) is 5.76. The third-order valence-corrected chi connectivity index (χ3v) is 3.89. The molecule has 0 fully saturated rings. The third kappa shape index (κ3) is 10.5. The number of allylic oxidation sites excluding steroid dienone is 1. The van der Waals surface area contributed by atoms with Crippen molar-refractivity contribution in [2.24, 2.45) is 5.92 Å². The van der Waals surface area contributed by atoms with E-state index in [4.69, 9.17) is 4.74 Å². The Morgan fingerprint density at radius 1 is 1.05 bits per heavy atom. The van der Waals surface area contributed by atoms with Gasteiger partial charge in [-0.25, -0.2) is 0 Å². The van der Waals surface area contributed by atoms with Gasteiger partial charge in [0.2, 0.25) is 0 Å². The minimum Gasteiger partial charge on any atom is -0.468 e. The van der Waals surface area contributed by atoms with Gasteiger partial charge in [-0.3, -0.25) is 4.79 Å². The van der Waals surface area contributed by atoms with Gasteiger partial charge in [-0.2, -0.15) is 0 Å². The number of aliphatic hydroxyl groups excluding tert-OH is 1. The summed E-state index contributed by atoms with van der Waals surface area (Å²) in [6.45, 7) is 4.09. The minimum atomic E-state index is -0.627. The standard InChI is InChI=1S/C18H34O3/c1-4-6-7-8-9-10-11-12-13-15-17(19)16(14-5-2)18(20)21-3/h5,14,16-17,19H,4,6-13,15H2,1-3H3/b14-5+/t16-,17+/m0/s1. The van der Waals surface area contributed by atoms with E-state index in [0.29, 0.717) is 6.42 Å². The molecule has 0 rings (SSSR count). The predicted octanol–water partition coefficient (Wildman–Crippen LogP) is 4.63. The summed E-state index contributed by atoms with van der Waals surface area (Å²) in [6.07, 6.45) is 14.9. The maximum Gasteiger partial charge on any atom is 0.315 e. The Bertz CT molecular complexity index is 274. The molecule has 0 aliphatic heterocycles. The lowest BCUT2D eigenvalue weighted by atomic mass is 9.96. The Kier molecular flexibility index (Phi) is 13.6. The van der Waals surface area contributed by atoms with Gasteiger partial charge in [-0.05, 0) is 13.3 Å². The summed E-state index contributed by atoms with van der Waals surface area (Å²) in [5.41, 5.74) is 0. The van der Waals surface area contributed by atoms with Gasteiger partial charge in [0.15, 0.2) is 0 Å². The summed E-state index contributed by atoms with van der Waals surface area (Å²) in [4.78, 5) is 11.6. The first-order chi connectivity index (χ1) is 10.2. The highest BCUT2D eigenvalue weighted by Gasteiger charge is 2.24. The van der Waals surface area contributed by atoms with Gasteiger partial charge in [-0.1, -0.05) is 76.9 Å². The van der Waals surface area contributed by atoms with E-state index in [1.54, 1.807) is 12.2 Å². The van der Waals surface area contributed by atoms with Crippen molar-refractivity contribution in [1.82, 2.24) is 0 Å². The highest BCUT2D eigenvalue weighted by Crippen LogP contribution is 2.16. The molecule has 0 aliphatic carbocycles. The van der Waals surface area contributed by atoms with Gasteiger partial charge in [-0.15, -0.1) is 0 Å². The largest absolute Gasteiger partial charge is 0.468 e. The number of rotatable bonds is 13. The molecule has 2 atom stereocenters. The number of carbonyl (C=O) groups excluding carboxylic acids is 1. The van der Waals surface area contributed by atoms with Gasteiger partial charge in [0.05, 0.1) is 13.2 Å². The molecule has 0 spiro atoms. The van der Waals surface area contributed by atoms with Crippen LogP contribution in [0.2, 0.25) is 0 Å². The highest BCUT2D eigenvalue weighted by atomic mass is 16.5. The van der Waals surface area contributed by atoms with Crippen molar-refractivity contribution in [3.05, 3.63) is 12.2 Å². The highest BCUT2D eigenvalue weighted by molar-refractivity contribution is 5.74. The summed E-state index contributed by atoms with van der Waals surface area (Å²) in [5, 5.41) is 10.1. The molecule has 0 radical (unpaired) electrons. The molecule has 0 heterocycles. The number of hydrogen-bond acceptors (Lipinski definition) is 3. The van der Waals surface area contributed by atoms with E-state index in [-0.39, 0.29) is 5.97 Å². The number of hydrogen-bond donors (Lipinski definition) is 1. The Morgan fingerprint density at radius 2 is 1.57 bits per heavy atom. The Balaban J connectivity index is 3.68. The molecular formula is C18H34O3. The van der Waals surface area contributed by atoms with Crippen LogP contribution in [-0.2, 0) is 9.53 Å². The average molecular weight is 298 g/mol. The predicted molar refractivity (Wildman–Crippen MR) is 88.2 cm³/mol. The number of unbranched alkanes of at least 4 members (excludes halogenated alkanes) is 8. The summed E-state index contributed by atoms with van der Waals surface area (Å²) in [6, 6.07) is 0. The van der Waals surface area contributed by atoms with E-state index in [9.17, 15) is 9.90 Å². The van der Waals surface area contributed by atoms with Crippen LogP contribution in [0.3, 0.4) is 0 Å². The van der Waals surface area contributed by atoms with Crippen molar-refractivity contribution < 1.29 is 14.6 Å². The van der Waals surface area contributed by atoms with Crippen LogP contribution < -0.4 is 0 Å². The van der Waals surface area contributed by atoms with Crippen LogP contribution in [0.5, 0.6) is 0 Å². The van der Waals surface area contributed by atoms with E-state index in [0.717, 1.165) is 12.8 Å². The lowest BCUT2D eigenvalue weighted by Gasteiger charge is -2.17. The van der Waals surface area contributed by atoms with E-state index >= 15 is 0 Å². The average Bonchev–Trinajstić information content (AvgIpc) is 2.50. The molecule has 0 aromatic carbocycles. The Labute approximate surface area is 130 Å². The molecule has 0 aromatic rings. The first-order valence-corrected chi connectivity index (χ1v) is 8.56. The lowest BCUT2D eigenvalue weighted by Crippen LogP contribution is -2.27. The number of aliphatic hydroxyl groups is 1. The second kappa shape index (κ2) is 14.1. The molecule has 21 heavy (non-hydrogen) atoms. The molecule has 0 saturated carbocycles. The van der Waals surface area contributed by atoms with Crippen molar-refractivity contribution in [3.63, 3.8) is 0 Å². The lowest BCUT2D eigenvalue weighted by molar-refractivity contribution is -0.147. The molecular weight excluding hydrogens is 264 g/mol. The molecule has 0 unspecified atom stereocenters. The number of ether oxygens (including phenoxy) is 1. The normalized spacial score (nSPS) is 14.3. The van der Waals surface area contributed by atoms with Crippen LogP contribution >= 0.6 is 0 Å². The van der Waals surface area contributed by atoms with Crippen molar-refractivity contribution in [2.75, 3.05) is 7.11 Å². The van der Waals surface area contributed by atoms with Crippen molar-refractivity contribution in [2.45, 2.75) is 84.2 Å². The van der Waals surface area contributed by atoms with E-state index in [2.05, 4.69) is 6.92 Å². The van der Waals surface area contributed by atoms with Gasteiger partial charge < -0.3 is 9.84 Å². The van der Waals surface area contributed by atoms with Gasteiger partial charge in [0.1, 0.15) is 5.92 Å². The van der Waals surface area contributed by atoms with Crippen LogP contribution in [0, 0.1) is 5.92 Å². The zero-order chi connectivity index (χ0) is 15.9. The smallest absolute Gasteiger partial charge is 0.315 e. The molecule has 3 heteroatoms. The fourth-order valence-electron chi connectivity index (χ4n) is 2.55. The Morgan fingerprint density at radius 3 is 2.05 bits per heavy atom. The first kappa shape index (κ1) is 20.2. The zero-order valence-electron chi connectivity index (χ0n) is 14.1. The van der Waals surface area contributed by atoms with Crippen molar-refractivity contribution >= 4 is 5.97 Å². The first-order valence-electron chi connectivity index (χ1n) is 8.56. The van der Waals surface area contributed by atoms with Gasteiger partial charge >= 0.3 is 5.97 Å². The topological polar surface area (TPSA) is 46.5 Å². The van der Waals surface area contributed by atoms with Gasteiger partial charge in [0.25, 0.3) is 0 Å². The second-order valence-corrected chi connectivity index (χ2v) is 5.76. The molecule has 124 valence electrons. The number of esters is 1. The van der Waals surface area contributed by atoms with E-state index in [1.807, 2.05) is 6.92 Å². The van der Waals surface area contributed by atoms with Crippen LogP contribution in [0.15, 0.2) is 12.2 Å². The monoisotopic (exact) mass is 298 g/mol. The van der Waals surface area contributed by atoms with Crippen LogP contribution in [0.4, 0.5) is 0 Å². The molecule has 3 nitrogen and oxygen atoms in total. The maximum absolute atomic E-state index is 11.6. The van der Waals surface area contributed by atoms with E-state index < -0.39 is 12.0 Å². The zero-order valence-corrected chi connectivity index (χ0v) is 14.1. The molecule has 0 aliphatic rings. The summed E-state index contributed by atoms with van der Waals surface area (Å²) in [7, 11) is 1.37. The number of carbonyl (C=O) groups is 1.